The Balaban J connectivity index is 3.27. The number of hydrogen-bond acceptors (Lipinski definition) is 3. The van der Waals surface area contributed by atoms with E-state index in [1.54, 1.807) is 11.8 Å². The van der Waals surface area contributed by atoms with Gasteiger partial charge in [0.05, 0.1) is 5.75 Å². The van der Waals surface area contributed by atoms with Gasteiger partial charge in [0.25, 0.3) is 0 Å². The van der Waals surface area contributed by atoms with E-state index in [0.29, 0.717) is 17.6 Å². The average molecular weight is 245 g/mol. The molecular formula is C8H17ClO2S2. The minimum Gasteiger partial charge on any atom is -0.229 e. The van der Waals surface area contributed by atoms with E-state index in [-0.39, 0.29) is 0 Å². The second kappa shape index (κ2) is 6.96. The van der Waals surface area contributed by atoms with Crippen molar-refractivity contribution in [2.24, 2.45) is 5.92 Å². The monoisotopic (exact) mass is 244 g/mol. The highest BCUT2D eigenvalue weighted by atomic mass is 35.5. The molecule has 0 aliphatic heterocycles. The number of sulfone groups is 1. The summed E-state index contributed by atoms with van der Waals surface area (Å²) in [5.74, 6) is 3.43. The van der Waals surface area contributed by atoms with Crippen molar-refractivity contribution in [3.8, 4) is 0 Å². The van der Waals surface area contributed by atoms with Crippen molar-refractivity contribution in [3.63, 3.8) is 0 Å². The van der Waals surface area contributed by atoms with Crippen molar-refractivity contribution in [3.05, 3.63) is 0 Å². The van der Waals surface area contributed by atoms with Gasteiger partial charge in [0.1, 0.15) is 9.84 Å². The van der Waals surface area contributed by atoms with Gasteiger partial charge in [-0.15, -0.1) is 11.6 Å². The molecule has 2 nitrogen and oxygen atoms in total. The van der Waals surface area contributed by atoms with E-state index in [4.69, 9.17) is 11.6 Å². The molecule has 0 saturated heterocycles. The van der Waals surface area contributed by atoms with Crippen molar-refractivity contribution < 1.29 is 8.42 Å². The van der Waals surface area contributed by atoms with E-state index in [1.807, 2.05) is 0 Å². The third-order valence-corrected chi connectivity index (χ3v) is 4.41. The van der Waals surface area contributed by atoms with Crippen LogP contribution >= 0.6 is 23.4 Å². The molecule has 0 aliphatic rings. The zero-order valence-electron chi connectivity index (χ0n) is 8.12. The van der Waals surface area contributed by atoms with Gasteiger partial charge in [0.15, 0.2) is 0 Å². The van der Waals surface area contributed by atoms with Gasteiger partial charge >= 0.3 is 0 Å². The molecule has 0 fully saturated rings. The van der Waals surface area contributed by atoms with Crippen LogP contribution in [0.3, 0.4) is 0 Å². The Morgan fingerprint density at radius 1 is 1.46 bits per heavy atom. The Bertz CT molecular complexity index is 214. The van der Waals surface area contributed by atoms with E-state index < -0.39 is 9.84 Å². The van der Waals surface area contributed by atoms with E-state index in [1.165, 1.54) is 6.26 Å². The number of halogens is 1. The molecule has 1 atom stereocenters. The number of rotatable bonds is 7. The molecule has 0 rings (SSSR count). The molecule has 0 aromatic heterocycles. The first-order valence-corrected chi connectivity index (χ1v) is 8.02. The maximum absolute atomic E-state index is 10.8. The Morgan fingerprint density at radius 3 is 2.54 bits per heavy atom. The van der Waals surface area contributed by atoms with Crippen molar-refractivity contribution in [2.45, 2.75) is 13.3 Å². The number of alkyl halides is 1. The molecular weight excluding hydrogens is 228 g/mol. The summed E-state index contributed by atoms with van der Waals surface area (Å²) in [7, 11) is -2.77. The summed E-state index contributed by atoms with van der Waals surface area (Å²) in [5, 5.41) is 0. The SMILES string of the molecule is CC(CCl)CSCCCS(C)(=O)=O. The summed E-state index contributed by atoms with van der Waals surface area (Å²) in [5.41, 5.74) is 0. The van der Waals surface area contributed by atoms with E-state index in [0.717, 1.165) is 17.9 Å². The molecule has 0 bridgehead atoms. The fourth-order valence-electron chi connectivity index (χ4n) is 0.752. The molecule has 0 amide bonds. The van der Waals surface area contributed by atoms with Crippen LogP contribution in [0.25, 0.3) is 0 Å². The summed E-state index contributed by atoms with van der Waals surface area (Å²) >= 11 is 7.41. The van der Waals surface area contributed by atoms with Crippen LogP contribution in [0.2, 0.25) is 0 Å². The van der Waals surface area contributed by atoms with Crippen LogP contribution in [0.4, 0.5) is 0 Å². The van der Waals surface area contributed by atoms with Crippen molar-refractivity contribution >= 4 is 33.2 Å². The molecule has 0 spiro atoms. The van der Waals surface area contributed by atoms with Crippen LogP contribution in [0, 0.1) is 5.92 Å². The highest BCUT2D eigenvalue weighted by Gasteiger charge is 2.03. The quantitative estimate of drug-likeness (QED) is 0.508. The third kappa shape index (κ3) is 10.5. The van der Waals surface area contributed by atoms with Crippen LogP contribution in [-0.2, 0) is 9.84 Å². The second-order valence-corrected chi connectivity index (χ2v) is 7.04. The molecule has 0 heterocycles. The zero-order chi connectivity index (χ0) is 10.3. The van der Waals surface area contributed by atoms with Crippen molar-refractivity contribution in [1.82, 2.24) is 0 Å². The molecule has 1 unspecified atom stereocenters. The Hall–Kier alpha value is 0.590. The number of thioether (sulfide) groups is 1. The fourth-order valence-corrected chi connectivity index (χ4v) is 2.88. The van der Waals surface area contributed by atoms with Crippen LogP contribution in [0.5, 0.6) is 0 Å². The smallest absolute Gasteiger partial charge is 0.147 e. The lowest BCUT2D eigenvalue weighted by atomic mass is 10.3. The lowest BCUT2D eigenvalue weighted by molar-refractivity contribution is 0.600. The largest absolute Gasteiger partial charge is 0.229 e. The lowest BCUT2D eigenvalue weighted by Crippen LogP contribution is -2.05. The predicted molar refractivity (Wildman–Crippen MR) is 61.5 cm³/mol. The summed E-state index contributed by atoms with van der Waals surface area (Å²) in [4.78, 5) is 0. The maximum Gasteiger partial charge on any atom is 0.147 e. The first-order valence-electron chi connectivity index (χ1n) is 4.27. The van der Waals surface area contributed by atoms with E-state index >= 15 is 0 Å². The molecule has 5 heteroatoms. The van der Waals surface area contributed by atoms with E-state index in [2.05, 4.69) is 6.92 Å². The number of hydrogen-bond donors (Lipinski definition) is 0. The average Bonchev–Trinajstić information content (AvgIpc) is 2.01. The van der Waals surface area contributed by atoms with Gasteiger partial charge in [0.2, 0.25) is 0 Å². The zero-order valence-corrected chi connectivity index (χ0v) is 10.5. The molecule has 0 aromatic carbocycles. The summed E-state index contributed by atoms with van der Waals surface area (Å²) in [6.45, 7) is 2.09. The topological polar surface area (TPSA) is 34.1 Å². The maximum atomic E-state index is 10.8. The lowest BCUT2D eigenvalue weighted by Gasteiger charge is -2.05. The Kier molecular flexibility index (Phi) is 7.27. The highest BCUT2D eigenvalue weighted by Crippen LogP contribution is 2.10. The fraction of sp³-hybridized carbons (Fsp3) is 1.00. The Morgan fingerprint density at radius 2 is 2.08 bits per heavy atom. The van der Waals surface area contributed by atoms with Gasteiger partial charge < -0.3 is 0 Å². The minimum absolute atomic E-state index is 0.301. The summed E-state index contributed by atoms with van der Waals surface area (Å²) in [6, 6.07) is 0. The first-order chi connectivity index (χ1) is 5.95. The standard InChI is InChI=1S/C8H17ClO2S2/c1-8(6-9)7-12-4-3-5-13(2,10)11/h8H,3-7H2,1-2H3. The molecule has 13 heavy (non-hydrogen) atoms. The third-order valence-electron chi connectivity index (χ3n) is 1.47. The minimum atomic E-state index is -2.77. The van der Waals surface area contributed by atoms with Gasteiger partial charge in [-0.1, -0.05) is 6.92 Å². The summed E-state index contributed by atoms with van der Waals surface area (Å²) < 4.78 is 21.5. The summed E-state index contributed by atoms with van der Waals surface area (Å²) in [6.07, 6.45) is 2.03. The van der Waals surface area contributed by atoms with Gasteiger partial charge in [-0.05, 0) is 23.8 Å². The van der Waals surface area contributed by atoms with Crippen LogP contribution in [-0.4, -0.2) is 37.8 Å². The highest BCUT2D eigenvalue weighted by molar-refractivity contribution is 7.99. The van der Waals surface area contributed by atoms with Crippen LogP contribution < -0.4 is 0 Å². The van der Waals surface area contributed by atoms with Gasteiger partial charge in [-0.2, -0.15) is 11.8 Å². The van der Waals surface area contributed by atoms with E-state index in [9.17, 15) is 8.42 Å². The molecule has 0 radical (unpaired) electrons. The van der Waals surface area contributed by atoms with Crippen molar-refractivity contribution in [2.75, 3.05) is 29.4 Å². The Labute approximate surface area is 90.3 Å². The van der Waals surface area contributed by atoms with Crippen molar-refractivity contribution in [1.29, 1.82) is 0 Å². The van der Waals surface area contributed by atoms with Gasteiger partial charge in [-0.25, -0.2) is 8.42 Å². The normalized spacial score (nSPS) is 14.4. The van der Waals surface area contributed by atoms with Crippen LogP contribution in [0.15, 0.2) is 0 Å². The van der Waals surface area contributed by atoms with Crippen LogP contribution in [0.1, 0.15) is 13.3 Å². The molecule has 80 valence electrons. The predicted octanol–water partition coefficient (Wildman–Crippen LogP) is 2.03. The van der Waals surface area contributed by atoms with Gasteiger partial charge in [-0.3, -0.25) is 0 Å². The second-order valence-electron chi connectivity index (χ2n) is 3.32. The molecule has 0 saturated carbocycles. The molecule has 0 aliphatic carbocycles. The first kappa shape index (κ1) is 13.6. The molecule has 0 aromatic rings. The van der Waals surface area contributed by atoms with Gasteiger partial charge in [0, 0.05) is 12.1 Å². The molecule has 0 N–H and O–H groups in total.